The average molecular weight is 358 g/mol. The van der Waals surface area contributed by atoms with Crippen LogP contribution in [0, 0.1) is 6.92 Å². The monoisotopic (exact) mass is 358 g/mol. The minimum Gasteiger partial charge on any atom is -0.355 e. The molecule has 2 heterocycles. The number of hydrogen-bond donors (Lipinski definition) is 1. The van der Waals surface area contributed by atoms with Gasteiger partial charge in [-0.25, -0.2) is 0 Å². The van der Waals surface area contributed by atoms with Crippen LogP contribution in [0.2, 0.25) is 0 Å². The molecule has 0 aliphatic carbocycles. The van der Waals surface area contributed by atoms with Crippen molar-refractivity contribution in [2.45, 2.75) is 18.5 Å². The molecule has 3 rings (SSSR count). The van der Waals surface area contributed by atoms with E-state index in [1.54, 1.807) is 17.7 Å². The van der Waals surface area contributed by atoms with Crippen LogP contribution in [-0.4, -0.2) is 33.0 Å². The molecule has 0 saturated heterocycles. The highest BCUT2D eigenvalue weighted by molar-refractivity contribution is 7.99. The summed E-state index contributed by atoms with van der Waals surface area (Å²) < 4.78 is 1.92. The molecule has 0 aliphatic rings. The number of thioether (sulfide) groups is 1. The van der Waals surface area contributed by atoms with Crippen LogP contribution in [0.4, 0.5) is 0 Å². The van der Waals surface area contributed by atoms with Crippen molar-refractivity contribution >= 4 is 29.0 Å². The first-order chi connectivity index (χ1) is 11.7. The second-order valence-electron chi connectivity index (χ2n) is 5.24. The number of rotatable bonds is 7. The highest BCUT2D eigenvalue weighted by Crippen LogP contribution is 2.21. The Morgan fingerprint density at radius 1 is 1.29 bits per heavy atom. The van der Waals surface area contributed by atoms with Gasteiger partial charge in [-0.2, -0.15) is 0 Å². The summed E-state index contributed by atoms with van der Waals surface area (Å²) in [5.41, 5.74) is 2.17. The van der Waals surface area contributed by atoms with Crippen LogP contribution >= 0.6 is 23.1 Å². The van der Waals surface area contributed by atoms with E-state index < -0.39 is 0 Å². The molecule has 124 valence electrons. The van der Waals surface area contributed by atoms with Gasteiger partial charge >= 0.3 is 0 Å². The van der Waals surface area contributed by atoms with Crippen molar-refractivity contribution in [3.05, 3.63) is 58.5 Å². The number of carbonyl (C=O) groups is 1. The van der Waals surface area contributed by atoms with Crippen molar-refractivity contribution in [3.63, 3.8) is 0 Å². The molecule has 0 radical (unpaired) electrons. The van der Waals surface area contributed by atoms with E-state index in [-0.39, 0.29) is 5.91 Å². The Kier molecular flexibility index (Phi) is 5.66. The van der Waals surface area contributed by atoms with Gasteiger partial charge in [0.2, 0.25) is 5.91 Å². The molecule has 0 bridgehead atoms. The first-order valence-corrected chi connectivity index (χ1v) is 9.48. The SMILES string of the molecule is Cc1ccccc1-n1cnnc1SCC(=O)NCCc1cccs1. The van der Waals surface area contributed by atoms with Crippen LogP contribution in [0.15, 0.2) is 53.3 Å². The van der Waals surface area contributed by atoms with Crippen LogP contribution in [0.3, 0.4) is 0 Å². The number of thiophene rings is 1. The predicted molar refractivity (Wildman–Crippen MR) is 97.9 cm³/mol. The lowest BCUT2D eigenvalue weighted by Gasteiger charge is -2.09. The molecule has 1 N–H and O–H groups in total. The fraction of sp³-hybridized carbons (Fsp3) is 0.235. The van der Waals surface area contributed by atoms with Gasteiger partial charge in [0.25, 0.3) is 0 Å². The Hall–Kier alpha value is -2.12. The number of benzene rings is 1. The second kappa shape index (κ2) is 8.12. The van der Waals surface area contributed by atoms with E-state index in [0.717, 1.165) is 22.8 Å². The molecule has 2 aromatic heterocycles. The zero-order chi connectivity index (χ0) is 16.8. The molecule has 24 heavy (non-hydrogen) atoms. The molecule has 0 spiro atoms. The van der Waals surface area contributed by atoms with Crippen LogP contribution in [-0.2, 0) is 11.2 Å². The molecule has 0 aliphatic heterocycles. The molecule has 0 saturated carbocycles. The Balaban J connectivity index is 1.53. The molecular weight excluding hydrogens is 340 g/mol. The molecule has 3 aromatic rings. The summed E-state index contributed by atoms with van der Waals surface area (Å²) in [4.78, 5) is 13.3. The molecule has 1 aromatic carbocycles. The van der Waals surface area contributed by atoms with E-state index in [0.29, 0.717) is 12.3 Å². The van der Waals surface area contributed by atoms with Gasteiger partial charge in [0.05, 0.1) is 11.4 Å². The number of hydrogen-bond acceptors (Lipinski definition) is 5. The van der Waals surface area contributed by atoms with Crippen molar-refractivity contribution < 1.29 is 4.79 Å². The van der Waals surface area contributed by atoms with E-state index in [2.05, 4.69) is 21.6 Å². The molecule has 0 fully saturated rings. The summed E-state index contributed by atoms with van der Waals surface area (Å²) in [5, 5.41) is 13.8. The number of aromatic nitrogens is 3. The van der Waals surface area contributed by atoms with Gasteiger partial charge in [-0.1, -0.05) is 36.0 Å². The summed E-state index contributed by atoms with van der Waals surface area (Å²) in [7, 11) is 0. The Bertz CT molecular complexity index is 799. The number of para-hydroxylation sites is 1. The molecule has 7 heteroatoms. The summed E-state index contributed by atoms with van der Waals surface area (Å²) in [5.74, 6) is 0.338. The number of amides is 1. The summed E-state index contributed by atoms with van der Waals surface area (Å²) in [6.07, 6.45) is 2.55. The van der Waals surface area contributed by atoms with E-state index in [9.17, 15) is 4.79 Å². The normalized spacial score (nSPS) is 10.7. The number of carbonyl (C=O) groups excluding carboxylic acids is 1. The van der Waals surface area contributed by atoms with Gasteiger partial charge in [0.15, 0.2) is 5.16 Å². The largest absolute Gasteiger partial charge is 0.355 e. The summed E-state index contributed by atoms with van der Waals surface area (Å²) >= 11 is 3.10. The fourth-order valence-electron chi connectivity index (χ4n) is 2.28. The quantitative estimate of drug-likeness (QED) is 0.660. The molecule has 0 unspecified atom stereocenters. The maximum Gasteiger partial charge on any atom is 0.230 e. The van der Waals surface area contributed by atoms with Gasteiger partial charge in [0, 0.05) is 11.4 Å². The number of aryl methyl sites for hydroxylation is 1. The summed E-state index contributed by atoms with van der Waals surface area (Å²) in [6, 6.07) is 12.1. The highest BCUT2D eigenvalue weighted by Gasteiger charge is 2.11. The third-order valence-electron chi connectivity index (χ3n) is 3.50. The standard InChI is InChI=1S/C17H18N4OS2/c1-13-5-2-3-7-15(13)21-12-19-20-17(21)24-11-16(22)18-9-8-14-6-4-10-23-14/h2-7,10,12H,8-9,11H2,1H3,(H,18,22). The van der Waals surface area contributed by atoms with Gasteiger partial charge in [-0.3, -0.25) is 9.36 Å². The summed E-state index contributed by atoms with van der Waals surface area (Å²) in [6.45, 7) is 2.70. The minimum absolute atomic E-state index is 0.0101. The molecule has 5 nitrogen and oxygen atoms in total. The third-order valence-corrected chi connectivity index (χ3v) is 5.38. The fourth-order valence-corrected chi connectivity index (χ4v) is 3.74. The minimum atomic E-state index is 0.0101. The van der Waals surface area contributed by atoms with Gasteiger partial charge in [0.1, 0.15) is 6.33 Å². The zero-order valence-corrected chi connectivity index (χ0v) is 14.9. The van der Waals surface area contributed by atoms with Gasteiger partial charge in [-0.05, 0) is 36.4 Å². The number of nitrogens with one attached hydrogen (secondary N) is 1. The van der Waals surface area contributed by atoms with Crippen LogP contribution in [0.25, 0.3) is 5.69 Å². The van der Waals surface area contributed by atoms with E-state index in [1.165, 1.54) is 16.6 Å². The second-order valence-corrected chi connectivity index (χ2v) is 7.21. The number of nitrogens with zero attached hydrogens (tertiary/aromatic N) is 3. The van der Waals surface area contributed by atoms with Crippen molar-refractivity contribution in [1.82, 2.24) is 20.1 Å². The Morgan fingerprint density at radius 2 is 2.17 bits per heavy atom. The lowest BCUT2D eigenvalue weighted by atomic mass is 10.2. The van der Waals surface area contributed by atoms with Crippen LogP contribution in [0.1, 0.15) is 10.4 Å². The smallest absolute Gasteiger partial charge is 0.230 e. The maximum atomic E-state index is 12.0. The molecule has 1 amide bonds. The van der Waals surface area contributed by atoms with Crippen molar-refractivity contribution in [2.75, 3.05) is 12.3 Å². The maximum absolute atomic E-state index is 12.0. The molecule has 0 atom stereocenters. The van der Waals surface area contributed by atoms with Gasteiger partial charge in [-0.15, -0.1) is 21.5 Å². The highest BCUT2D eigenvalue weighted by atomic mass is 32.2. The van der Waals surface area contributed by atoms with Crippen molar-refractivity contribution in [3.8, 4) is 5.69 Å². The van der Waals surface area contributed by atoms with Crippen LogP contribution < -0.4 is 5.32 Å². The van der Waals surface area contributed by atoms with E-state index in [1.807, 2.05) is 47.2 Å². The van der Waals surface area contributed by atoms with Crippen molar-refractivity contribution in [1.29, 1.82) is 0 Å². The Labute approximate surface area is 149 Å². The third kappa shape index (κ3) is 4.24. The molecular formula is C17H18N4OS2. The average Bonchev–Trinajstić information content (AvgIpc) is 3.25. The first kappa shape index (κ1) is 16.7. The Morgan fingerprint density at radius 3 is 2.96 bits per heavy atom. The first-order valence-electron chi connectivity index (χ1n) is 7.62. The zero-order valence-electron chi connectivity index (χ0n) is 13.3. The lowest BCUT2D eigenvalue weighted by molar-refractivity contribution is -0.118. The van der Waals surface area contributed by atoms with Crippen LogP contribution in [0.5, 0.6) is 0 Å². The van der Waals surface area contributed by atoms with E-state index >= 15 is 0 Å². The van der Waals surface area contributed by atoms with Gasteiger partial charge < -0.3 is 5.32 Å². The topological polar surface area (TPSA) is 59.8 Å². The lowest BCUT2D eigenvalue weighted by Crippen LogP contribution is -2.27. The predicted octanol–water partition coefficient (Wildman–Crippen LogP) is 3.09. The van der Waals surface area contributed by atoms with E-state index in [4.69, 9.17) is 0 Å². The van der Waals surface area contributed by atoms with Crippen molar-refractivity contribution in [2.24, 2.45) is 0 Å².